The lowest BCUT2D eigenvalue weighted by atomic mass is 10.0. The summed E-state index contributed by atoms with van der Waals surface area (Å²) in [5.41, 5.74) is 3.08. The van der Waals surface area contributed by atoms with Crippen LogP contribution in [0.5, 0.6) is 5.75 Å². The molecule has 1 amide bonds. The van der Waals surface area contributed by atoms with Gasteiger partial charge in [-0.2, -0.15) is 0 Å². The number of rotatable bonds is 9. The molecule has 9 heteroatoms. The maximum Gasteiger partial charge on any atom is 0.234 e. The molecule has 0 spiro atoms. The van der Waals surface area contributed by atoms with Crippen LogP contribution in [0.3, 0.4) is 0 Å². The number of nitrogens with zero attached hydrogens (tertiary/aromatic N) is 3. The van der Waals surface area contributed by atoms with Gasteiger partial charge in [-0.05, 0) is 43.0 Å². The highest BCUT2D eigenvalue weighted by Crippen LogP contribution is 2.27. The lowest BCUT2D eigenvalue weighted by Crippen LogP contribution is -2.17. The fourth-order valence-corrected chi connectivity index (χ4v) is 4.05. The molecule has 1 aromatic heterocycles. The lowest BCUT2D eigenvalue weighted by molar-refractivity contribution is -0.113. The Hall–Kier alpha value is -2.94. The van der Waals surface area contributed by atoms with E-state index < -0.39 is 17.7 Å². The highest BCUT2D eigenvalue weighted by atomic mass is 32.2. The van der Waals surface area contributed by atoms with Crippen LogP contribution in [0.4, 0.5) is 14.5 Å². The van der Waals surface area contributed by atoms with Gasteiger partial charge in [0.05, 0.1) is 5.75 Å². The number of nitrogens with one attached hydrogen (secondary N) is 1. The van der Waals surface area contributed by atoms with E-state index in [0.29, 0.717) is 11.0 Å². The number of benzene rings is 2. The van der Waals surface area contributed by atoms with Crippen LogP contribution in [0, 0.1) is 11.6 Å². The minimum Gasteiger partial charge on any atom is -0.480 e. The number of halogens is 2. The van der Waals surface area contributed by atoms with E-state index >= 15 is 0 Å². The molecular weight excluding hydrogens is 434 g/mol. The van der Waals surface area contributed by atoms with Crippen molar-refractivity contribution in [2.24, 2.45) is 7.05 Å². The summed E-state index contributed by atoms with van der Waals surface area (Å²) in [6.45, 7) is 5.81. The number of para-hydroxylation sites is 1. The van der Waals surface area contributed by atoms with Gasteiger partial charge in [-0.3, -0.25) is 4.79 Å². The van der Waals surface area contributed by atoms with Crippen molar-refractivity contribution in [2.75, 3.05) is 11.1 Å². The van der Waals surface area contributed by atoms with Gasteiger partial charge in [0.1, 0.15) is 5.82 Å². The molecule has 0 bridgehead atoms. The monoisotopic (exact) mass is 460 g/mol. The third-order valence-electron chi connectivity index (χ3n) is 5.03. The van der Waals surface area contributed by atoms with Crippen LogP contribution in [0.2, 0.25) is 0 Å². The number of aromatic nitrogens is 3. The summed E-state index contributed by atoms with van der Waals surface area (Å²) in [6.07, 6.45) is 1.03. The number of thioether (sulfide) groups is 1. The molecule has 1 N–H and O–H groups in total. The molecule has 0 aliphatic heterocycles. The molecule has 32 heavy (non-hydrogen) atoms. The minimum atomic E-state index is -0.788. The first-order valence-corrected chi connectivity index (χ1v) is 11.4. The van der Waals surface area contributed by atoms with E-state index in [9.17, 15) is 13.6 Å². The number of carbonyl (C=O) groups is 1. The first-order chi connectivity index (χ1) is 15.3. The molecule has 1 heterocycles. The maximum absolute atomic E-state index is 13.9. The van der Waals surface area contributed by atoms with E-state index in [1.807, 2.05) is 18.2 Å². The number of amides is 1. The Morgan fingerprint density at radius 2 is 1.84 bits per heavy atom. The van der Waals surface area contributed by atoms with Crippen LogP contribution in [0.25, 0.3) is 0 Å². The lowest BCUT2D eigenvalue weighted by Gasteiger charge is -2.15. The second-order valence-corrected chi connectivity index (χ2v) is 8.17. The fraction of sp³-hybridized carbons (Fsp3) is 0.348. The number of hydrogen-bond acceptors (Lipinski definition) is 5. The van der Waals surface area contributed by atoms with Crippen LogP contribution in [-0.4, -0.2) is 26.4 Å². The Morgan fingerprint density at radius 3 is 2.47 bits per heavy atom. The highest BCUT2D eigenvalue weighted by Gasteiger charge is 2.20. The van der Waals surface area contributed by atoms with Crippen molar-refractivity contribution in [3.63, 3.8) is 0 Å². The number of ether oxygens (including phenoxy) is 1. The van der Waals surface area contributed by atoms with Crippen molar-refractivity contribution in [3.05, 3.63) is 65.0 Å². The van der Waals surface area contributed by atoms with Crippen LogP contribution in [0.1, 0.15) is 43.8 Å². The first kappa shape index (κ1) is 23.7. The summed E-state index contributed by atoms with van der Waals surface area (Å²) in [5.74, 6) is -1.05. The first-order valence-electron chi connectivity index (χ1n) is 10.4. The van der Waals surface area contributed by atoms with Crippen LogP contribution < -0.4 is 10.1 Å². The normalized spacial score (nSPS) is 11.9. The third kappa shape index (κ3) is 5.45. The van der Waals surface area contributed by atoms with Crippen LogP contribution >= 0.6 is 11.8 Å². The van der Waals surface area contributed by atoms with E-state index in [2.05, 4.69) is 29.4 Å². The van der Waals surface area contributed by atoms with Gasteiger partial charge in [0, 0.05) is 18.8 Å². The molecular formula is C23H26F2N4O2S. The Morgan fingerprint density at radius 1 is 1.16 bits per heavy atom. The standard InChI is InChI=1S/C23H26F2N4O2S/c1-5-15-8-7-9-16(6-2)21(15)26-20(30)13-32-23-28-27-22(29(23)4)14(3)31-19-11-10-17(24)12-18(19)25/h7-12,14H,5-6,13H2,1-4H3,(H,26,30). The summed E-state index contributed by atoms with van der Waals surface area (Å²) in [4.78, 5) is 12.6. The van der Waals surface area contributed by atoms with Crippen molar-refractivity contribution in [2.45, 2.75) is 44.9 Å². The van der Waals surface area contributed by atoms with Crippen molar-refractivity contribution in [1.29, 1.82) is 0 Å². The molecule has 3 aromatic rings. The average Bonchev–Trinajstić information content (AvgIpc) is 3.14. The van der Waals surface area contributed by atoms with Gasteiger partial charge >= 0.3 is 0 Å². The highest BCUT2D eigenvalue weighted by molar-refractivity contribution is 7.99. The molecule has 0 saturated heterocycles. The number of carbonyl (C=O) groups excluding carboxylic acids is 1. The van der Waals surface area contributed by atoms with Crippen LogP contribution in [-0.2, 0) is 24.7 Å². The molecule has 1 atom stereocenters. The zero-order valence-corrected chi connectivity index (χ0v) is 19.3. The Kier molecular flexibility index (Phi) is 7.84. The largest absolute Gasteiger partial charge is 0.480 e. The summed E-state index contributed by atoms with van der Waals surface area (Å²) in [5, 5.41) is 11.8. The van der Waals surface area contributed by atoms with Gasteiger partial charge in [0.15, 0.2) is 28.7 Å². The fourth-order valence-electron chi connectivity index (χ4n) is 3.33. The Balaban J connectivity index is 1.64. The molecule has 0 fully saturated rings. The maximum atomic E-state index is 13.9. The second-order valence-electron chi connectivity index (χ2n) is 7.23. The van der Waals surface area contributed by atoms with Gasteiger partial charge in [0.25, 0.3) is 0 Å². The molecule has 6 nitrogen and oxygen atoms in total. The van der Waals surface area contributed by atoms with Crippen molar-refractivity contribution < 1.29 is 18.3 Å². The van der Waals surface area contributed by atoms with E-state index in [0.717, 1.165) is 41.8 Å². The predicted molar refractivity (Wildman–Crippen MR) is 121 cm³/mol. The summed E-state index contributed by atoms with van der Waals surface area (Å²) in [6, 6.07) is 9.16. The zero-order valence-electron chi connectivity index (χ0n) is 18.5. The SMILES string of the molecule is CCc1cccc(CC)c1NC(=O)CSc1nnc(C(C)Oc2ccc(F)cc2F)n1C. The summed E-state index contributed by atoms with van der Waals surface area (Å²) < 4.78 is 34.2. The molecule has 0 aliphatic rings. The van der Waals surface area contributed by atoms with Gasteiger partial charge in [-0.15, -0.1) is 10.2 Å². The second kappa shape index (κ2) is 10.6. The van der Waals surface area contributed by atoms with Crippen molar-refractivity contribution in [1.82, 2.24) is 14.8 Å². The molecule has 1 unspecified atom stereocenters. The smallest absolute Gasteiger partial charge is 0.234 e. The summed E-state index contributed by atoms with van der Waals surface area (Å²) >= 11 is 1.25. The van der Waals surface area contributed by atoms with Gasteiger partial charge in [0.2, 0.25) is 5.91 Å². The molecule has 0 aliphatic carbocycles. The van der Waals surface area contributed by atoms with E-state index in [-0.39, 0.29) is 17.4 Å². The van der Waals surface area contributed by atoms with Crippen molar-refractivity contribution >= 4 is 23.4 Å². The average molecular weight is 461 g/mol. The molecule has 3 rings (SSSR count). The van der Waals surface area contributed by atoms with Crippen LogP contribution in [0.15, 0.2) is 41.6 Å². The third-order valence-corrected chi connectivity index (χ3v) is 6.05. The Bertz CT molecular complexity index is 1080. The number of aryl methyl sites for hydroxylation is 2. The van der Waals surface area contributed by atoms with E-state index in [1.54, 1.807) is 18.5 Å². The molecule has 0 saturated carbocycles. The van der Waals surface area contributed by atoms with Crippen molar-refractivity contribution in [3.8, 4) is 5.75 Å². The van der Waals surface area contributed by atoms with Gasteiger partial charge in [-0.25, -0.2) is 8.78 Å². The molecule has 0 radical (unpaired) electrons. The van der Waals surface area contributed by atoms with Gasteiger partial charge in [-0.1, -0.05) is 43.8 Å². The Labute approximate surface area is 190 Å². The molecule has 2 aromatic carbocycles. The van der Waals surface area contributed by atoms with E-state index in [4.69, 9.17) is 4.74 Å². The molecule has 170 valence electrons. The number of anilines is 1. The minimum absolute atomic E-state index is 0.0724. The quantitative estimate of drug-likeness (QED) is 0.451. The topological polar surface area (TPSA) is 69.0 Å². The summed E-state index contributed by atoms with van der Waals surface area (Å²) in [7, 11) is 1.75. The number of hydrogen-bond donors (Lipinski definition) is 1. The predicted octanol–water partition coefficient (Wildman–Crippen LogP) is 5.09. The van der Waals surface area contributed by atoms with Gasteiger partial charge < -0.3 is 14.6 Å². The van der Waals surface area contributed by atoms with E-state index in [1.165, 1.54) is 17.8 Å². The zero-order chi connectivity index (χ0) is 23.3.